The monoisotopic (exact) mass is 228 g/mol. The molecule has 0 heterocycles. The lowest BCUT2D eigenvalue weighted by molar-refractivity contribution is -0.160. The zero-order valence-electron chi connectivity index (χ0n) is 9.26. The fraction of sp³-hybridized carbons (Fsp3) is 0.800. The van der Waals surface area contributed by atoms with Gasteiger partial charge in [0, 0.05) is 6.61 Å². The SMILES string of the molecule is CCOC(O)C(CCCCOC#N)OC#N. The van der Waals surface area contributed by atoms with E-state index < -0.39 is 12.4 Å². The third-order valence-electron chi connectivity index (χ3n) is 1.91. The summed E-state index contributed by atoms with van der Waals surface area (Å²) < 4.78 is 14.1. The highest BCUT2D eigenvalue weighted by Crippen LogP contribution is 2.10. The van der Waals surface area contributed by atoms with Gasteiger partial charge in [0.15, 0.2) is 12.4 Å². The quantitative estimate of drug-likeness (QED) is 0.357. The third kappa shape index (κ3) is 6.88. The maximum Gasteiger partial charge on any atom is 0.286 e. The molecule has 0 aliphatic rings. The summed E-state index contributed by atoms with van der Waals surface area (Å²) in [4.78, 5) is 0. The van der Waals surface area contributed by atoms with E-state index in [9.17, 15) is 5.11 Å². The minimum absolute atomic E-state index is 0.334. The molecule has 0 fully saturated rings. The molecule has 16 heavy (non-hydrogen) atoms. The van der Waals surface area contributed by atoms with Gasteiger partial charge in [-0.2, -0.15) is 10.5 Å². The second kappa shape index (κ2) is 10.0. The molecule has 0 saturated heterocycles. The number of unbranched alkanes of at least 4 members (excludes halogenated alkanes) is 1. The molecule has 2 atom stereocenters. The van der Waals surface area contributed by atoms with Crippen LogP contribution in [-0.2, 0) is 14.2 Å². The average Bonchev–Trinajstić information content (AvgIpc) is 2.27. The summed E-state index contributed by atoms with van der Waals surface area (Å²) in [5.41, 5.74) is 0. The zero-order valence-corrected chi connectivity index (χ0v) is 9.26. The van der Waals surface area contributed by atoms with E-state index in [1.807, 2.05) is 0 Å². The summed E-state index contributed by atoms with van der Waals surface area (Å²) in [7, 11) is 0. The van der Waals surface area contributed by atoms with Gasteiger partial charge in [-0.05, 0) is 26.2 Å². The number of hydrogen-bond donors (Lipinski definition) is 1. The lowest BCUT2D eigenvalue weighted by atomic mass is 10.1. The number of nitriles is 2. The minimum Gasteiger partial charge on any atom is -0.428 e. The van der Waals surface area contributed by atoms with Crippen molar-refractivity contribution in [3.8, 4) is 12.5 Å². The number of nitrogens with zero attached hydrogens (tertiary/aromatic N) is 2. The van der Waals surface area contributed by atoms with Crippen LogP contribution in [0.1, 0.15) is 26.2 Å². The first-order chi connectivity index (χ1) is 7.76. The molecule has 6 nitrogen and oxygen atoms in total. The number of aliphatic hydroxyl groups excluding tert-OH is 1. The molecule has 0 aliphatic heterocycles. The Morgan fingerprint density at radius 3 is 2.56 bits per heavy atom. The molecule has 90 valence electrons. The fourth-order valence-electron chi connectivity index (χ4n) is 1.17. The molecule has 2 unspecified atom stereocenters. The fourth-order valence-corrected chi connectivity index (χ4v) is 1.17. The molecule has 0 rings (SSSR count). The van der Waals surface area contributed by atoms with Crippen LogP contribution < -0.4 is 0 Å². The minimum atomic E-state index is -1.10. The molecule has 0 saturated carbocycles. The van der Waals surface area contributed by atoms with E-state index in [-0.39, 0.29) is 0 Å². The molecule has 6 heteroatoms. The van der Waals surface area contributed by atoms with Crippen LogP contribution in [0.5, 0.6) is 0 Å². The van der Waals surface area contributed by atoms with Crippen molar-refractivity contribution in [2.75, 3.05) is 13.2 Å². The van der Waals surface area contributed by atoms with E-state index in [1.165, 1.54) is 6.26 Å². The Balaban J connectivity index is 3.77. The van der Waals surface area contributed by atoms with Gasteiger partial charge in [0.2, 0.25) is 0 Å². The van der Waals surface area contributed by atoms with Gasteiger partial charge in [0.25, 0.3) is 12.5 Å². The Bertz CT molecular complexity index is 246. The van der Waals surface area contributed by atoms with E-state index in [4.69, 9.17) is 15.3 Å². The van der Waals surface area contributed by atoms with Crippen LogP contribution in [-0.4, -0.2) is 30.7 Å². The first-order valence-corrected chi connectivity index (χ1v) is 5.11. The largest absolute Gasteiger partial charge is 0.428 e. The number of rotatable bonds is 9. The van der Waals surface area contributed by atoms with Gasteiger partial charge in [0.05, 0.1) is 0 Å². The number of ether oxygens (including phenoxy) is 3. The smallest absolute Gasteiger partial charge is 0.286 e. The second-order valence-electron chi connectivity index (χ2n) is 3.03. The van der Waals surface area contributed by atoms with Gasteiger partial charge in [-0.3, -0.25) is 0 Å². The highest BCUT2D eigenvalue weighted by molar-refractivity contribution is 4.66. The van der Waals surface area contributed by atoms with Crippen LogP contribution >= 0.6 is 0 Å². The van der Waals surface area contributed by atoms with Crippen molar-refractivity contribution in [3.63, 3.8) is 0 Å². The first-order valence-electron chi connectivity index (χ1n) is 5.11. The number of aliphatic hydroxyl groups is 1. The van der Waals surface area contributed by atoms with Crippen LogP contribution in [0.25, 0.3) is 0 Å². The van der Waals surface area contributed by atoms with Crippen molar-refractivity contribution in [1.29, 1.82) is 10.5 Å². The number of hydrogen-bond acceptors (Lipinski definition) is 6. The maximum atomic E-state index is 9.46. The van der Waals surface area contributed by atoms with Crippen molar-refractivity contribution in [3.05, 3.63) is 0 Å². The molecule has 0 aliphatic carbocycles. The maximum absolute atomic E-state index is 9.46. The molecule has 0 bridgehead atoms. The van der Waals surface area contributed by atoms with Crippen LogP contribution in [0.15, 0.2) is 0 Å². The molecule has 0 aromatic carbocycles. The van der Waals surface area contributed by atoms with Crippen molar-refractivity contribution in [2.24, 2.45) is 0 Å². The Morgan fingerprint density at radius 2 is 2.00 bits per heavy atom. The van der Waals surface area contributed by atoms with Crippen molar-refractivity contribution >= 4 is 0 Å². The second-order valence-corrected chi connectivity index (χ2v) is 3.03. The molecule has 0 aromatic rings. The predicted molar refractivity (Wildman–Crippen MR) is 53.5 cm³/mol. The Hall–Kier alpha value is -1.50. The van der Waals surface area contributed by atoms with Crippen LogP contribution in [0.2, 0.25) is 0 Å². The summed E-state index contributed by atoms with van der Waals surface area (Å²) in [5.74, 6) is 0. The normalized spacial score (nSPS) is 13.2. The summed E-state index contributed by atoms with van der Waals surface area (Å²) >= 11 is 0. The zero-order chi connectivity index (χ0) is 12.2. The summed E-state index contributed by atoms with van der Waals surface area (Å²) in [6.45, 7) is 2.43. The predicted octanol–water partition coefficient (Wildman–Crippen LogP) is 0.876. The van der Waals surface area contributed by atoms with Crippen LogP contribution in [0.4, 0.5) is 0 Å². The van der Waals surface area contributed by atoms with Crippen molar-refractivity contribution in [2.45, 2.75) is 38.6 Å². The average molecular weight is 228 g/mol. The molecule has 0 radical (unpaired) electrons. The highest BCUT2D eigenvalue weighted by atomic mass is 16.6. The van der Waals surface area contributed by atoms with E-state index in [1.54, 1.807) is 13.2 Å². The van der Waals surface area contributed by atoms with Gasteiger partial charge in [-0.25, -0.2) is 0 Å². The van der Waals surface area contributed by atoms with Gasteiger partial charge in [0.1, 0.15) is 6.61 Å². The van der Waals surface area contributed by atoms with Gasteiger partial charge in [-0.15, -0.1) is 0 Å². The summed E-state index contributed by atoms with van der Waals surface area (Å²) in [6.07, 6.45) is 3.16. The Morgan fingerprint density at radius 1 is 1.25 bits per heavy atom. The molecule has 1 N–H and O–H groups in total. The lowest BCUT2D eigenvalue weighted by Gasteiger charge is -2.19. The van der Waals surface area contributed by atoms with Crippen molar-refractivity contribution in [1.82, 2.24) is 0 Å². The summed E-state index contributed by atoms with van der Waals surface area (Å²) in [5, 5.41) is 26.0. The molecular weight excluding hydrogens is 212 g/mol. The highest BCUT2D eigenvalue weighted by Gasteiger charge is 2.20. The van der Waals surface area contributed by atoms with Gasteiger partial charge < -0.3 is 19.3 Å². The Kier molecular flexibility index (Phi) is 9.09. The van der Waals surface area contributed by atoms with Crippen LogP contribution in [0.3, 0.4) is 0 Å². The molecule has 0 amide bonds. The van der Waals surface area contributed by atoms with E-state index >= 15 is 0 Å². The molecule has 0 aromatic heterocycles. The van der Waals surface area contributed by atoms with Crippen LogP contribution in [0, 0.1) is 23.0 Å². The van der Waals surface area contributed by atoms with Gasteiger partial charge >= 0.3 is 0 Å². The van der Waals surface area contributed by atoms with Gasteiger partial charge in [-0.1, -0.05) is 0 Å². The molecule has 0 spiro atoms. The van der Waals surface area contributed by atoms with E-state index in [2.05, 4.69) is 9.47 Å². The van der Waals surface area contributed by atoms with E-state index in [0.29, 0.717) is 32.5 Å². The van der Waals surface area contributed by atoms with E-state index in [0.717, 1.165) is 0 Å². The topological polar surface area (TPSA) is 95.5 Å². The Labute approximate surface area is 94.9 Å². The summed E-state index contributed by atoms with van der Waals surface area (Å²) in [6, 6.07) is 0. The molecular formula is C10H16N2O4. The first kappa shape index (κ1) is 14.5. The lowest BCUT2D eigenvalue weighted by Crippen LogP contribution is -2.30. The third-order valence-corrected chi connectivity index (χ3v) is 1.91. The standard InChI is InChI=1S/C10H16N2O4/c1-2-15-10(13)9(16-8-12)5-3-4-6-14-7-11/h9-10,13H,2-6H2,1H3. The van der Waals surface area contributed by atoms with Crippen molar-refractivity contribution < 1.29 is 19.3 Å².